The van der Waals surface area contributed by atoms with E-state index in [4.69, 9.17) is 16.2 Å². The maximum atomic E-state index is 13.1. The quantitative estimate of drug-likeness (QED) is 0.302. The summed E-state index contributed by atoms with van der Waals surface area (Å²) in [5.41, 5.74) is 1.59. The average molecular weight is 491 g/mol. The molecule has 0 N–H and O–H groups in total. The summed E-state index contributed by atoms with van der Waals surface area (Å²) < 4.78 is 1.69. The van der Waals surface area contributed by atoms with Crippen LogP contribution in [0.25, 0.3) is 4.96 Å². The minimum absolute atomic E-state index is 0.0623. The predicted octanol–water partition coefficient (Wildman–Crippen LogP) is 5.56. The van der Waals surface area contributed by atoms with Gasteiger partial charge in [-0.15, -0.1) is 0 Å². The predicted molar refractivity (Wildman–Crippen MR) is 144 cm³/mol. The van der Waals surface area contributed by atoms with Gasteiger partial charge in [0.25, 0.3) is 0 Å². The molecule has 2 aromatic heterocycles. The third-order valence-corrected chi connectivity index (χ3v) is 14.6. The summed E-state index contributed by atoms with van der Waals surface area (Å²) in [5.74, 6) is -3.54. The number of benzene rings is 3. The number of hydrogen-bond donors (Lipinski definition) is 0. The second-order valence-electron chi connectivity index (χ2n) is 8.29. The van der Waals surface area contributed by atoms with Crippen molar-refractivity contribution in [1.29, 1.82) is 0 Å². The van der Waals surface area contributed by atoms with E-state index in [1.54, 1.807) is 21.8 Å². The zero-order valence-corrected chi connectivity index (χ0v) is 20.9. The Morgan fingerprint density at radius 2 is 1.27 bits per heavy atom. The van der Waals surface area contributed by atoms with Crippen LogP contribution in [-0.4, -0.2) is 9.38 Å². The molecule has 6 heteroatoms. The molecule has 3 nitrogen and oxygen atoms in total. The monoisotopic (exact) mass is 490 g/mol. The Morgan fingerprint density at radius 3 is 1.73 bits per heavy atom. The van der Waals surface area contributed by atoms with E-state index in [2.05, 4.69) is 36.4 Å². The Labute approximate surface area is 202 Å². The Balaban J connectivity index is 1.86. The van der Waals surface area contributed by atoms with Gasteiger partial charge < -0.3 is 0 Å². The molecule has 0 spiro atoms. The molecule has 0 aliphatic rings. The summed E-state index contributed by atoms with van der Waals surface area (Å²) >= 11 is 9.68. The van der Waals surface area contributed by atoms with Crippen molar-refractivity contribution in [3.63, 3.8) is 0 Å². The second-order valence-corrected chi connectivity index (χ2v) is 15.9. The minimum atomic E-state index is -3.54. The molecule has 5 rings (SSSR count). The number of thiazole rings is 1. The summed E-state index contributed by atoms with van der Waals surface area (Å²) in [6.07, 6.45) is 0.451. The number of nitrogens with zero attached hydrogens (tertiary/aromatic N) is 2. The van der Waals surface area contributed by atoms with Crippen molar-refractivity contribution in [1.82, 2.24) is 9.38 Å². The summed E-state index contributed by atoms with van der Waals surface area (Å²) in [6, 6.07) is 32.5. The first-order valence-corrected chi connectivity index (χ1v) is 14.9. The number of rotatable bonds is 5. The van der Waals surface area contributed by atoms with E-state index in [1.165, 1.54) is 0 Å². The fourth-order valence-corrected chi connectivity index (χ4v) is 11.5. The molecule has 0 aliphatic carbocycles. The summed E-state index contributed by atoms with van der Waals surface area (Å²) in [6.45, 7) is 3.98. The number of hydrogen-bond acceptors (Lipinski definition) is 3. The molecule has 0 fully saturated rings. The molecule has 166 valence electrons. The molecule has 5 aromatic rings. The summed E-state index contributed by atoms with van der Waals surface area (Å²) in [4.78, 5) is 19.9. The van der Waals surface area contributed by atoms with E-state index in [0.29, 0.717) is 16.8 Å². The average Bonchev–Trinajstić information content (AvgIpc) is 3.14. The zero-order chi connectivity index (χ0) is 23.1. The Bertz CT molecular complexity index is 1400. The SMILES string of the molecule is Cc1sc2nc(CP(Cl)(c3ccccc3)(c3ccccc3)c3ccccc3)cc(=O)n2c1C. The number of fused-ring (bicyclic) bond motifs is 1. The molecule has 0 unspecified atom stereocenters. The Hall–Kier alpha value is -2.78. The molecule has 0 saturated heterocycles. The van der Waals surface area contributed by atoms with Gasteiger partial charge in [0.2, 0.25) is 0 Å². The summed E-state index contributed by atoms with van der Waals surface area (Å²) in [5, 5.41) is 3.18. The van der Waals surface area contributed by atoms with Crippen LogP contribution >= 0.6 is 28.5 Å². The fourth-order valence-electron chi connectivity index (χ4n) is 4.57. The van der Waals surface area contributed by atoms with E-state index < -0.39 is 5.96 Å². The van der Waals surface area contributed by atoms with Crippen LogP contribution < -0.4 is 21.5 Å². The molecular formula is C27H24ClN2OPS. The van der Waals surface area contributed by atoms with E-state index >= 15 is 0 Å². The third-order valence-electron chi connectivity index (χ3n) is 6.37. The van der Waals surface area contributed by atoms with Gasteiger partial charge in [-0.3, -0.25) is 0 Å². The molecule has 0 atom stereocenters. The van der Waals surface area contributed by atoms with Crippen LogP contribution in [0, 0.1) is 13.8 Å². The normalized spacial score (nSPS) is 13.0. The first-order valence-electron chi connectivity index (χ1n) is 10.8. The maximum absolute atomic E-state index is 13.1. The van der Waals surface area contributed by atoms with Crippen LogP contribution in [0.15, 0.2) is 102 Å². The van der Waals surface area contributed by atoms with Crippen molar-refractivity contribution in [2.75, 3.05) is 0 Å². The van der Waals surface area contributed by atoms with Gasteiger partial charge in [0.1, 0.15) is 0 Å². The molecule has 2 heterocycles. The van der Waals surface area contributed by atoms with Crippen LogP contribution in [0.5, 0.6) is 0 Å². The van der Waals surface area contributed by atoms with E-state index in [9.17, 15) is 4.79 Å². The molecule has 0 radical (unpaired) electrons. The molecule has 0 aliphatic heterocycles. The van der Waals surface area contributed by atoms with Crippen LogP contribution in [0.3, 0.4) is 0 Å². The van der Waals surface area contributed by atoms with Gasteiger partial charge >= 0.3 is 202 Å². The molecule has 0 bridgehead atoms. The van der Waals surface area contributed by atoms with Crippen molar-refractivity contribution in [2.24, 2.45) is 0 Å². The third kappa shape index (κ3) is 3.45. The first kappa shape index (κ1) is 22.0. The van der Waals surface area contributed by atoms with Gasteiger partial charge in [-0.25, -0.2) is 0 Å². The second kappa shape index (κ2) is 8.22. The number of aromatic nitrogens is 2. The molecule has 0 amide bonds. The Morgan fingerprint density at radius 1 is 0.818 bits per heavy atom. The number of halogens is 1. The van der Waals surface area contributed by atoms with Gasteiger partial charge in [-0.2, -0.15) is 0 Å². The zero-order valence-electron chi connectivity index (χ0n) is 18.5. The number of aryl methyl sites for hydroxylation is 2. The Kier molecular flexibility index (Phi) is 5.49. The fraction of sp³-hybridized carbons (Fsp3) is 0.111. The van der Waals surface area contributed by atoms with Crippen LogP contribution in [0.2, 0.25) is 0 Å². The topological polar surface area (TPSA) is 34.4 Å². The van der Waals surface area contributed by atoms with Crippen molar-refractivity contribution < 1.29 is 0 Å². The van der Waals surface area contributed by atoms with E-state index in [-0.39, 0.29) is 5.56 Å². The summed E-state index contributed by atoms with van der Waals surface area (Å²) in [7, 11) is 0. The van der Waals surface area contributed by atoms with Crippen molar-refractivity contribution in [3.8, 4) is 0 Å². The van der Waals surface area contributed by atoms with Crippen LogP contribution in [0.1, 0.15) is 16.3 Å². The molecule has 0 saturated carbocycles. The molecular weight excluding hydrogens is 467 g/mol. The van der Waals surface area contributed by atoms with Crippen molar-refractivity contribution in [3.05, 3.63) is 124 Å². The van der Waals surface area contributed by atoms with Crippen LogP contribution in [0.4, 0.5) is 0 Å². The molecule has 3 aromatic carbocycles. The first-order chi connectivity index (χ1) is 15.9. The van der Waals surface area contributed by atoms with E-state index in [0.717, 1.165) is 26.5 Å². The van der Waals surface area contributed by atoms with Crippen molar-refractivity contribution >= 4 is 49.4 Å². The van der Waals surface area contributed by atoms with Gasteiger partial charge in [0.15, 0.2) is 0 Å². The standard InChI is InChI=1S/C27H24ClN2OPS/c1-20-21(2)33-27-29-22(18-26(31)30(20)27)19-32(28,23-12-6-3-7-13-23,24-14-8-4-9-15-24)25-16-10-5-11-17-25/h3-18H,19H2,1-2H3. The van der Waals surface area contributed by atoms with Gasteiger partial charge in [0.05, 0.1) is 0 Å². The van der Waals surface area contributed by atoms with Gasteiger partial charge in [-0.1, -0.05) is 0 Å². The van der Waals surface area contributed by atoms with Gasteiger partial charge in [-0.05, 0) is 0 Å². The van der Waals surface area contributed by atoms with Crippen LogP contribution in [-0.2, 0) is 6.16 Å². The van der Waals surface area contributed by atoms with Gasteiger partial charge in [0, 0.05) is 0 Å². The molecule has 33 heavy (non-hydrogen) atoms. The van der Waals surface area contributed by atoms with Crippen molar-refractivity contribution in [2.45, 2.75) is 20.0 Å². The van der Waals surface area contributed by atoms with E-state index in [1.807, 2.05) is 68.4 Å².